The van der Waals surface area contributed by atoms with Crippen molar-refractivity contribution in [1.29, 1.82) is 0 Å². The molecule has 2 aromatic rings. The Morgan fingerprint density at radius 3 is 2.62 bits per heavy atom. The molecule has 66 valence electrons. The van der Waals surface area contributed by atoms with E-state index in [4.69, 9.17) is 0 Å². The first-order valence-electron chi connectivity index (χ1n) is 4.21. The molecule has 0 aliphatic rings. The maximum Gasteiger partial charge on any atom is 0.0884 e. The molecule has 0 aliphatic carbocycles. The molecule has 0 saturated carbocycles. The molecule has 0 unspecified atom stereocenters. The van der Waals surface area contributed by atoms with Crippen molar-refractivity contribution in [1.82, 2.24) is 15.0 Å². The number of nitrogens with zero attached hydrogens (tertiary/aromatic N) is 3. The number of benzene rings is 1. The molecule has 0 atom stereocenters. The highest BCUT2D eigenvalue weighted by Gasteiger charge is 2.01. The summed E-state index contributed by atoms with van der Waals surface area (Å²) in [6, 6.07) is 6.40. The Hall–Kier alpha value is -1.42. The quantitative estimate of drug-likeness (QED) is 0.570. The Morgan fingerprint density at radius 1 is 1.23 bits per heavy atom. The maximum absolute atomic E-state index is 4.11. The lowest BCUT2D eigenvalue weighted by Gasteiger charge is -2.04. The van der Waals surface area contributed by atoms with Crippen LogP contribution in [-0.4, -0.2) is 25.2 Å². The van der Waals surface area contributed by atoms with Crippen molar-refractivity contribution in [2.75, 3.05) is 0 Å². The summed E-state index contributed by atoms with van der Waals surface area (Å²) >= 11 is 0. The van der Waals surface area contributed by atoms with Crippen LogP contribution in [0, 0.1) is 6.92 Å². The Labute approximate surface area is 79.8 Å². The van der Waals surface area contributed by atoms with Crippen molar-refractivity contribution in [2.45, 2.75) is 6.92 Å². The molecule has 2 rings (SSSR count). The normalized spacial score (nSPS) is 10.5. The van der Waals surface area contributed by atoms with Crippen LogP contribution < -0.4 is 5.19 Å². The van der Waals surface area contributed by atoms with Crippen LogP contribution in [0.5, 0.6) is 0 Å². The summed E-state index contributed by atoms with van der Waals surface area (Å²) in [5.74, 6) is 0. The lowest BCUT2D eigenvalue weighted by molar-refractivity contribution is 0.748. The monoisotopic (exact) mass is 189 g/mol. The van der Waals surface area contributed by atoms with Gasteiger partial charge in [-0.15, -0.1) is 0 Å². The van der Waals surface area contributed by atoms with E-state index in [1.165, 1.54) is 10.8 Å². The zero-order valence-electron chi connectivity index (χ0n) is 7.73. The van der Waals surface area contributed by atoms with Gasteiger partial charge in [0, 0.05) is 10.2 Å². The number of aryl methyl sites for hydroxylation is 1. The summed E-state index contributed by atoms with van der Waals surface area (Å²) < 4.78 is 0. The van der Waals surface area contributed by atoms with Gasteiger partial charge in [0.2, 0.25) is 0 Å². The smallest absolute Gasteiger partial charge is 0.0884 e. The van der Waals surface area contributed by atoms with Gasteiger partial charge in [0.1, 0.15) is 0 Å². The van der Waals surface area contributed by atoms with Crippen LogP contribution in [0.15, 0.2) is 30.6 Å². The summed E-state index contributed by atoms with van der Waals surface area (Å²) in [5.41, 5.74) is 2.29. The van der Waals surface area contributed by atoms with Gasteiger partial charge in [-0.25, -0.2) is 0 Å². The molecule has 1 heterocycles. The topological polar surface area (TPSA) is 30.7 Å². The summed E-state index contributed by atoms with van der Waals surface area (Å²) in [6.07, 6.45) is 3.39. The summed E-state index contributed by atoms with van der Waals surface area (Å²) in [4.78, 5) is 1.66. The lowest BCUT2D eigenvalue weighted by atomic mass is 10.2. The van der Waals surface area contributed by atoms with E-state index in [9.17, 15) is 0 Å². The summed E-state index contributed by atoms with van der Waals surface area (Å²) in [5, 5.41) is 9.58. The second-order valence-electron chi connectivity index (χ2n) is 3.11. The third-order valence-corrected chi connectivity index (χ3v) is 2.62. The highest BCUT2D eigenvalue weighted by molar-refractivity contribution is 6.32. The van der Waals surface area contributed by atoms with E-state index in [1.807, 2.05) is 0 Å². The fourth-order valence-electron chi connectivity index (χ4n) is 1.28. The van der Waals surface area contributed by atoms with Gasteiger partial charge < -0.3 is 0 Å². The molecular formula is C9H11N3Si. The minimum Gasteiger partial charge on any atom is -0.157 e. The molecule has 4 heteroatoms. The second kappa shape index (κ2) is 3.14. The van der Waals surface area contributed by atoms with Crippen molar-refractivity contribution in [3.8, 4) is 5.69 Å². The van der Waals surface area contributed by atoms with Gasteiger partial charge in [0.15, 0.2) is 0 Å². The molecule has 0 N–H and O–H groups in total. The highest BCUT2D eigenvalue weighted by Crippen LogP contribution is 2.08. The Kier molecular flexibility index (Phi) is 1.98. The Balaban J connectivity index is 2.57. The molecule has 13 heavy (non-hydrogen) atoms. The van der Waals surface area contributed by atoms with E-state index < -0.39 is 0 Å². The number of rotatable bonds is 1. The van der Waals surface area contributed by atoms with E-state index in [1.54, 1.807) is 17.2 Å². The first kappa shape index (κ1) is 8.19. The van der Waals surface area contributed by atoms with Gasteiger partial charge in [-0.05, 0) is 18.6 Å². The molecule has 1 aromatic carbocycles. The van der Waals surface area contributed by atoms with E-state index in [2.05, 4.69) is 35.3 Å². The van der Waals surface area contributed by atoms with E-state index in [0.717, 1.165) is 15.9 Å². The average molecular weight is 189 g/mol. The fourth-order valence-corrected chi connectivity index (χ4v) is 1.72. The Bertz CT molecular complexity index is 409. The molecule has 0 radical (unpaired) electrons. The van der Waals surface area contributed by atoms with Crippen molar-refractivity contribution in [3.05, 3.63) is 36.2 Å². The van der Waals surface area contributed by atoms with Crippen LogP contribution >= 0.6 is 0 Å². The van der Waals surface area contributed by atoms with Crippen molar-refractivity contribution in [3.63, 3.8) is 0 Å². The standard InChI is InChI=1S/C9H11N3Si/c1-7-2-3-8(13)6-9(7)12-10-4-5-11-12/h2-6H,1,13H3. The Morgan fingerprint density at radius 2 is 1.92 bits per heavy atom. The van der Waals surface area contributed by atoms with Gasteiger partial charge >= 0.3 is 0 Å². The zero-order chi connectivity index (χ0) is 9.26. The third kappa shape index (κ3) is 1.53. The van der Waals surface area contributed by atoms with Crippen LogP contribution in [0.3, 0.4) is 0 Å². The highest BCUT2D eigenvalue weighted by atomic mass is 28.1. The fraction of sp³-hybridized carbons (Fsp3) is 0.111. The lowest BCUT2D eigenvalue weighted by Crippen LogP contribution is -2.08. The minimum absolute atomic E-state index is 1.06. The number of hydrogen-bond acceptors (Lipinski definition) is 2. The van der Waals surface area contributed by atoms with Gasteiger partial charge in [-0.3, -0.25) is 0 Å². The van der Waals surface area contributed by atoms with Crippen LogP contribution in [-0.2, 0) is 0 Å². The van der Waals surface area contributed by atoms with Crippen LogP contribution in [0.2, 0.25) is 0 Å². The zero-order valence-corrected chi connectivity index (χ0v) is 9.73. The van der Waals surface area contributed by atoms with Crippen molar-refractivity contribution in [2.24, 2.45) is 0 Å². The third-order valence-electron chi connectivity index (χ3n) is 2.00. The summed E-state index contributed by atoms with van der Waals surface area (Å²) in [6.45, 7) is 2.07. The van der Waals surface area contributed by atoms with E-state index in [0.29, 0.717) is 0 Å². The maximum atomic E-state index is 4.11. The predicted octanol–water partition coefficient (Wildman–Crippen LogP) is -0.434. The van der Waals surface area contributed by atoms with Crippen LogP contribution in [0.25, 0.3) is 5.69 Å². The number of hydrogen-bond donors (Lipinski definition) is 0. The van der Waals surface area contributed by atoms with Crippen LogP contribution in [0.1, 0.15) is 5.56 Å². The molecule has 3 nitrogen and oxygen atoms in total. The number of aromatic nitrogens is 3. The molecule has 0 fully saturated rings. The molecule has 0 amide bonds. The molecule has 1 aromatic heterocycles. The second-order valence-corrected chi connectivity index (χ2v) is 4.26. The molecule has 0 bridgehead atoms. The first-order valence-corrected chi connectivity index (χ1v) is 5.21. The largest absolute Gasteiger partial charge is 0.157 e. The molecule has 0 spiro atoms. The predicted molar refractivity (Wildman–Crippen MR) is 55.7 cm³/mol. The van der Waals surface area contributed by atoms with E-state index >= 15 is 0 Å². The average Bonchev–Trinajstić information content (AvgIpc) is 2.61. The molecule has 0 aliphatic heterocycles. The minimum atomic E-state index is 1.06. The van der Waals surface area contributed by atoms with Crippen LogP contribution in [0.4, 0.5) is 0 Å². The van der Waals surface area contributed by atoms with E-state index in [-0.39, 0.29) is 0 Å². The molecule has 0 saturated heterocycles. The van der Waals surface area contributed by atoms with Gasteiger partial charge in [0.05, 0.1) is 18.1 Å². The first-order chi connectivity index (χ1) is 6.27. The summed E-state index contributed by atoms with van der Waals surface area (Å²) in [7, 11) is 1.06. The van der Waals surface area contributed by atoms with Crippen molar-refractivity contribution >= 4 is 15.4 Å². The molecular weight excluding hydrogens is 178 g/mol. The van der Waals surface area contributed by atoms with Gasteiger partial charge in [-0.1, -0.05) is 17.3 Å². The van der Waals surface area contributed by atoms with Crippen molar-refractivity contribution < 1.29 is 0 Å². The van der Waals surface area contributed by atoms with Gasteiger partial charge in [-0.2, -0.15) is 15.0 Å². The SMILES string of the molecule is Cc1ccc([SiH3])cc1-n1nccn1. The van der Waals surface area contributed by atoms with Gasteiger partial charge in [0.25, 0.3) is 0 Å².